The number of carbonyl (C=O) groups excluding carboxylic acids is 2. The predicted molar refractivity (Wildman–Crippen MR) is 150 cm³/mol. The van der Waals surface area contributed by atoms with E-state index in [0.29, 0.717) is 29.0 Å². The van der Waals surface area contributed by atoms with Crippen molar-refractivity contribution in [2.24, 2.45) is 0 Å². The van der Waals surface area contributed by atoms with Crippen LogP contribution in [0.1, 0.15) is 67.1 Å². The standard InChI is InChI=1S/C26H23ClN8O2.C2H6/c1-15(36)26-32-22(28-11-19-13-35-12-17(16-2-3-16)4-5-24(35)30-19)10-23(33-26)31-25(37)9-20-21-8-18(27)6-7-34(21)14-29-20;1-2/h4-8,10,12-14,16H,2-3,9,11H2,1H3,(H2,28,31,32,33,37);1-2H3. The number of anilines is 2. The lowest BCUT2D eigenvalue weighted by atomic mass is 10.2. The van der Waals surface area contributed by atoms with Gasteiger partial charge in [-0.15, -0.1) is 0 Å². The Morgan fingerprint density at radius 1 is 1.03 bits per heavy atom. The fourth-order valence-corrected chi connectivity index (χ4v) is 4.40. The van der Waals surface area contributed by atoms with E-state index < -0.39 is 0 Å². The molecule has 5 heterocycles. The highest BCUT2D eigenvalue weighted by Crippen LogP contribution is 2.39. The molecule has 10 nitrogen and oxygen atoms in total. The van der Waals surface area contributed by atoms with E-state index in [2.05, 4.69) is 42.8 Å². The average Bonchev–Trinajstić information content (AvgIpc) is 3.59. The van der Waals surface area contributed by atoms with E-state index in [1.54, 1.807) is 35.1 Å². The molecule has 0 bridgehead atoms. The highest BCUT2D eigenvalue weighted by atomic mass is 35.5. The van der Waals surface area contributed by atoms with E-state index in [1.807, 2.05) is 30.5 Å². The number of pyridine rings is 2. The van der Waals surface area contributed by atoms with Crippen molar-refractivity contribution in [2.45, 2.75) is 52.5 Å². The maximum atomic E-state index is 12.8. The number of fused-ring (bicyclic) bond motifs is 2. The van der Waals surface area contributed by atoms with Crippen LogP contribution in [0.4, 0.5) is 11.6 Å². The number of ketones is 1. The molecule has 0 aromatic carbocycles. The van der Waals surface area contributed by atoms with Gasteiger partial charge in [0, 0.05) is 36.6 Å². The zero-order chi connectivity index (χ0) is 27.5. The molecule has 0 spiro atoms. The molecule has 6 rings (SSSR count). The first-order chi connectivity index (χ1) is 18.9. The van der Waals surface area contributed by atoms with E-state index in [0.717, 1.165) is 16.9 Å². The molecule has 5 aromatic rings. The van der Waals surface area contributed by atoms with Gasteiger partial charge >= 0.3 is 0 Å². The minimum atomic E-state index is -0.327. The van der Waals surface area contributed by atoms with Gasteiger partial charge in [-0.05, 0) is 42.5 Å². The molecule has 1 saturated carbocycles. The van der Waals surface area contributed by atoms with E-state index in [1.165, 1.54) is 25.3 Å². The molecule has 0 radical (unpaired) electrons. The second kappa shape index (κ2) is 11.2. The molecular formula is C28H29ClN8O2. The summed E-state index contributed by atoms with van der Waals surface area (Å²) in [5.41, 5.74) is 4.35. The average molecular weight is 545 g/mol. The summed E-state index contributed by atoms with van der Waals surface area (Å²) in [6.07, 6.45) is 10.0. The van der Waals surface area contributed by atoms with E-state index in [9.17, 15) is 9.59 Å². The van der Waals surface area contributed by atoms with Gasteiger partial charge in [0.15, 0.2) is 11.6 Å². The monoisotopic (exact) mass is 544 g/mol. The largest absolute Gasteiger partial charge is 0.364 e. The molecule has 0 saturated heterocycles. The molecule has 1 amide bonds. The lowest BCUT2D eigenvalue weighted by molar-refractivity contribution is -0.115. The molecular weight excluding hydrogens is 516 g/mol. The quantitative estimate of drug-likeness (QED) is 0.254. The van der Waals surface area contributed by atoms with Crippen LogP contribution in [0.3, 0.4) is 0 Å². The van der Waals surface area contributed by atoms with Gasteiger partial charge in [-0.2, -0.15) is 0 Å². The summed E-state index contributed by atoms with van der Waals surface area (Å²) in [5.74, 6) is 0.659. The van der Waals surface area contributed by atoms with Crippen LogP contribution in [0.2, 0.25) is 5.02 Å². The SMILES string of the molecule is CC.CC(=O)c1nc(NCc2cn3cc(C4CC4)ccc3n2)cc(NC(=O)Cc2ncn3ccc(Cl)cc23)n1. The van der Waals surface area contributed by atoms with Crippen molar-refractivity contribution < 1.29 is 9.59 Å². The van der Waals surface area contributed by atoms with Crippen LogP contribution in [0, 0.1) is 0 Å². The highest BCUT2D eigenvalue weighted by Gasteiger charge is 2.23. The minimum absolute atomic E-state index is 0.00333. The highest BCUT2D eigenvalue weighted by molar-refractivity contribution is 6.30. The number of aromatic nitrogens is 6. The third-order valence-electron chi connectivity index (χ3n) is 6.24. The van der Waals surface area contributed by atoms with Crippen LogP contribution in [-0.2, 0) is 17.8 Å². The zero-order valence-electron chi connectivity index (χ0n) is 22.0. The molecule has 0 unspecified atom stereocenters. The summed E-state index contributed by atoms with van der Waals surface area (Å²) in [6.45, 7) is 5.77. The van der Waals surface area contributed by atoms with Crippen LogP contribution in [0.25, 0.3) is 11.2 Å². The summed E-state index contributed by atoms with van der Waals surface area (Å²) in [5, 5.41) is 6.51. The van der Waals surface area contributed by atoms with Crippen LogP contribution in [-0.4, -0.2) is 40.4 Å². The van der Waals surface area contributed by atoms with Crippen molar-refractivity contribution in [3.63, 3.8) is 0 Å². The Kier molecular flexibility index (Phi) is 7.56. The van der Waals surface area contributed by atoms with Gasteiger partial charge in [-0.1, -0.05) is 31.5 Å². The molecule has 2 N–H and O–H groups in total. The number of imidazole rings is 2. The number of carbonyl (C=O) groups is 2. The second-order valence-electron chi connectivity index (χ2n) is 9.16. The fourth-order valence-electron chi connectivity index (χ4n) is 4.24. The molecule has 5 aromatic heterocycles. The number of hydrogen-bond donors (Lipinski definition) is 2. The van der Waals surface area contributed by atoms with Gasteiger partial charge in [-0.3, -0.25) is 9.59 Å². The molecule has 1 aliphatic rings. The zero-order valence-corrected chi connectivity index (χ0v) is 22.7. The number of halogens is 1. The lowest BCUT2D eigenvalue weighted by Crippen LogP contribution is -2.18. The Balaban J connectivity index is 0.00000151. The molecule has 1 aliphatic carbocycles. The van der Waals surface area contributed by atoms with E-state index in [-0.39, 0.29) is 29.8 Å². The maximum Gasteiger partial charge on any atom is 0.231 e. The van der Waals surface area contributed by atoms with Crippen LogP contribution in [0.15, 0.2) is 55.2 Å². The van der Waals surface area contributed by atoms with Crippen LogP contribution < -0.4 is 10.6 Å². The first-order valence-electron chi connectivity index (χ1n) is 12.9. The number of Topliss-reactive ketones (excluding diaryl/α,β-unsaturated/α-hetero) is 1. The predicted octanol–water partition coefficient (Wildman–Crippen LogP) is 5.32. The van der Waals surface area contributed by atoms with Gasteiger partial charge in [0.2, 0.25) is 5.91 Å². The Morgan fingerprint density at radius 2 is 1.82 bits per heavy atom. The summed E-state index contributed by atoms with van der Waals surface area (Å²) < 4.78 is 3.82. The fraction of sp³-hybridized carbons (Fsp3) is 0.286. The van der Waals surface area contributed by atoms with Gasteiger partial charge in [0.05, 0.1) is 36.2 Å². The Labute approximate surface area is 230 Å². The van der Waals surface area contributed by atoms with Gasteiger partial charge < -0.3 is 19.4 Å². The Hall–Kier alpha value is -4.31. The molecule has 200 valence electrons. The molecule has 1 fully saturated rings. The summed E-state index contributed by atoms with van der Waals surface area (Å²) >= 11 is 6.09. The van der Waals surface area contributed by atoms with Gasteiger partial charge in [0.1, 0.15) is 17.3 Å². The molecule has 0 aliphatic heterocycles. The van der Waals surface area contributed by atoms with E-state index in [4.69, 9.17) is 11.6 Å². The first-order valence-corrected chi connectivity index (χ1v) is 13.3. The van der Waals surface area contributed by atoms with Crippen molar-refractivity contribution in [3.8, 4) is 0 Å². The summed E-state index contributed by atoms with van der Waals surface area (Å²) in [7, 11) is 0. The van der Waals surface area contributed by atoms with Crippen molar-refractivity contribution in [3.05, 3.63) is 83.0 Å². The molecule has 11 heteroatoms. The number of nitrogens with one attached hydrogen (secondary N) is 2. The number of rotatable bonds is 8. The number of hydrogen-bond acceptors (Lipinski definition) is 7. The van der Waals surface area contributed by atoms with Crippen molar-refractivity contribution in [1.82, 2.24) is 28.7 Å². The van der Waals surface area contributed by atoms with Gasteiger partial charge in [0.25, 0.3) is 0 Å². The Bertz CT molecular complexity index is 1670. The Morgan fingerprint density at radius 3 is 2.59 bits per heavy atom. The normalized spacial score (nSPS) is 12.7. The number of nitrogens with zero attached hydrogens (tertiary/aromatic N) is 6. The third-order valence-corrected chi connectivity index (χ3v) is 6.48. The second-order valence-corrected chi connectivity index (χ2v) is 9.60. The van der Waals surface area contributed by atoms with Crippen LogP contribution in [0.5, 0.6) is 0 Å². The molecule has 39 heavy (non-hydrogen) atoms. The van der Waals surface area contributed by atoms with E-state index >= 15 is 0 Å². The van der Waals surface area contributed by atoms with Gasteiger partial charge in [-0.25, -0.2) is 19.9 Å². The topological polar surface area (TPSA) is 119 Å². The van der Waals surface area contributed by atoms with Crippen molar-refractivity contribution in [1.29, 1.82) is 0 Å². The lowest BCUT2D eigenvalue weighted by Gasteiger charge is -2.09. The minimum Gasteiger partial charge on any atom is -0.364 e. The summed E-state index contributed by atoms with van der Waals surface area (Å²) in [4.78, 5) is 42.3. The third kappa shape index (κ3) is 6.06. The van der Waals surface area contributed by atoms with Crippen LogP contribution >= 0.6 is 11.6 Å². The first kappa shape index (κ1) is 26.3. The number of amides is 1. The smallest absolute Gasteiger partial charge is 0.231 e. The molecule has 0 atom stereocenters. The van der Waals surface area contributed by atoms with Crippen molar-refractivity contribution >= 4 is 46.1 Å². The van der Waals surface area contributed by atoms with Crippen molar-refractivity contribution in [2.75, 3.05) is 10.6 Å². The maximum absolute atomic E-state index is 12.8. The summed E-state index contributed by atoms with van der Waals surface area (Å²) in [6, 6.07) is 9.26.